The smallest absolute Gasteiger partial charge is 0.229 e. The number of nitrogens with zero attached hydrogens (tertiary/aromatic N) is 4. The number of amides is 1. The molecule has 0 aliphatic carbocycles. The molecule has 0 saturated carbocycles. The van der Waals surface area contributed by atoms with E-state index >= 15 is 0 Å². The van der Waals surface area contributed by atoms with E-state index in [1.165, 1.54) is 4.90 Å². The van der Waals surface area contributed by atoms with Gasteiger partial charge >= 0.3 is 0 Å². The molecule has 1 fully saturated rings. The van der Waals surface area contributed by atoms with Gasteiger partial charge in [0.25, 0.3) is 0 Å². The predicted octanol–water partition coefficient (Wildman–Crippen LogP) is 0.334. The van der Waals surface area contributed by atoms with Crippen LogP contribution in [-0.4, -0.2) is 22.6 Å². The summed E-state index contributed by atoms with van der Waals surface area (Å²) in [5.74, 6) is 2.50. The van der Waals surface area contributed by atoms with Crippen molar-refractivity contribution in [2.75, 3.05) is 11.4 Å². The molecule has 1 saturated heterocycles. The molecule has 1 N–H and O–H groups in total. The van der Waals surface area contributed by atoms with E-state index in [9.17, 15) is 4.79 Å². The van der Waals surface area contributed by atoms with Crippen LogP contribution in [0.5, 0.6) is 0 Å². The summed E-state index contributed by atoms with van der Waals surface area (Å²) < 4.78 is 0. The molecule has 88 valence electrons. The van der Waals surface area contributed by atoms with E-state index in [1.54, 1.807) is 0 Å². The Morgan fingerprint density at radius 1 is 1.56 bits per heavy atom. The van der Waals surface area contributed by atoms with Crippen molar-refractivity contribution in [3.8, 4) is 24.5 Å². The van der Waals surface area contributed by atoms with Crippen LogP contribution in [0.15, 0.2) is 0 Å². The Kier molecular flexibility index (Phi) is 3.00. The molecule has 6 heteroatoms. The van der Waals surface area contributed by atoms with Gasteiger partial charge in [-0.1, -0.05) is 0 Å². The molecule has 0 spiro atoms. The van der Waals surface area contributed by atoms with E-state index in [0.29, 0.717) is 12.2 Å². The number of nitriles is 2. The molecule has 6 nitrogen and oxygen atoms in total. The van der Waals surface area contributed by atoms with E-state index in [0.717, 1.165) is 0 Å². The number of carbonyl (C=O) groups is 1. The molecule has 1 unspecified atom stereocenters. The van der Waals surface area contributed by atoms with Gasteiger partial charge in [0.05, 0.1) is 18.2 Å². The molecule has 1 amide bonds. The normalized spacial score (nSPS) is 18.2. The quantitative estimate of drug-likeness (QED) is 0.752. The van der Waals surface area contributed by atoms with Crippen molar-refractivity contribution in [1.82, 2.24) is 10.2 Å². The van der Waals surface area contributed by atoms with Gasteiger partial charge in [-0.3, -0.25) is 14.8 Å². The zero-order valence-corrected chi connectivity index (χ0v) is 9.47. The summed E-state index contributed by atoms with van der Waals surface area (Å²) in [6.45, 7) is 0.362. The lowest BCUT2D eigenvalue weighted by atomic mass is 10.1. The van der Waals surface area contributed by atoms with Gasteiger partial charge in [0.2, 0.25) is 5.91 Å². The minimum Gasteiger partial charge on any atom is -0.293 e. The Morgan fingerprint density at radius 2 is 2.33 bits per heavy atom. The molecule has 2 rings (SSSR count). The third-order valence-electron chi connectivity index (χ3n) is 2.81. The molecule has 0 radical (unpaired) electrons. The van der Waals surface area contributed by atoms with Crippen molar-refractivity contribution in [3.05, 3.63) is 11.3 Å². The summed E-state index contributed by atoms with van der Waals surface area (Å²) in [6.07, 6.45) is 5.61. The lowest BCUT2D eigenvalue weighted by Crippen LogP contribution is -2.25. The Hall–Kier alpha value is -2.78. The van der Waals surface area contributed by atoms with E-state index in [2.05, 4.69) is 16.1 Å². The van der Waals surface area contributed by atoms with Gasteiger partial charge in [-0.2, -0.15) is 15.6 Å². The van der Waals surface area contributed by atoms with Crippen molar-refractivity contribution >= 4 is 11.7 Å². The first-order valence-corrected chi connectivity index (χ1v) is 5.32. The molecular formula is C12H9N5O. The van der Waals surface area contributed by atoms with Crippen molar-refractivity contribution < 1.29 is 4.79 Å². The number of aromatic amines is 1. The van der Waals surface area contributed by atoms with Crippen LogP contribution in [0.2, 0.25) is 0 Å². The molecule has 0 aromatic carbocycles. The number of nitrogens with one attached hydrogen (secondary N) is 1. The highest BCUT2D eigenvalue weighted by Crippen LogP contribution is 2.27. The standard InChI is InChI=1S/C12H9N5O/c1-2-8-5-11(18)17(7-8)12-9(6-14)10(3-4-13)15-16-12/h1,8H,3,5,7H2,(H,15,16). The third kappa shape index (κ3) is 1.79. The Balaban J connectivity index is 2.36. The maximum absolute atomic E-state index is 11.8. The van der Waals surface area contributed by atoms with Gasteiger partial charge in [-0.25, -0.2) is 0 Å². The molecule has 1 atom stereocenters. The van der Waals surface area contributed by atoms with Gasteiger partial charge in [-0.05, 0) is 0 Å². The number of terminal acetylenes is 1. The largest absolute Gasteiger partial charge is 0.293 e. The molecular weight excluding hydrogens is 230 g/mol. The van der Waals surface area contributed by atoms with Gasteiger partial charge in [0, 0.05) is 18.9 Å². The summed E-state index contributed by atoms with van der Waals surface area (Å²) in [6, 6.07) is 3.90. The Bertz CT molecular complexity index is 610. The predicted molar refractivity (Wildman–Crippen MR) is 61.9 cm³/mol. The first-order valence-electron chi connectivity index (χ1n) is 5.32. The summed E-state index contributed by atoms with van der Waals surface area (Å²) in [4.78, 5) is 13.2. The molecule has 1 aliphatic rings. The fourth-order valence-electron chi connectivity index (χ4n) is 1.91. The zero-order chi connectivity index (χ0) is 13.1. The van der Waals surface area contributed by atoms with Crippen LogP contribution in [0, 0.1) is 40.9 Å². The molecule has 1 aliphatic heterocycles. The maximum Gasteiger partial charge on any atom is 0.229 e. The lowest BCUT2D eigenvalue weighted by molar-refractivity contribution is -0.117. The van der Waals surface area contributed by atoms with Gasteiger partial charge in [0.1, 0.15) is 11.6 Å². The minimum absolute atomic E-state index is 0.0521. The first kappa shape index (κ1) is 11.7. The van der Waals surface area contributed by atoms with Crippen molar-refractivity contribution in [1.29, 1.82) is 10.5 Å². The van der Waals surface area contributed by atoms with Crippen molar-refractivity contribution in [2.45, 2.75) is 12.8 Å². The fourth-order valence-corrected chi connectivity index (χ4v) is 1.91. The maximum atomic E-state index is 11.8. The monoisotopic (exact) mass is 239 g/mol. The number of aromatic nitrogens is 2. The van der Waals surface area contributed by atoms with Crippen LogP contribution in [0.3, 0.4) is 0 Å². The summed E-state index contributed by atoms with van der Waals surface area (Å²) in [5.41, 5.74) is 0.662. The number of hydrogen-bond acceptors (Lipinski definition) is 4. The van der Waals surface area contributed by atoms with Crippen molar-refractivity contribution in [2.24, 2.45) is 5.92 Å². The SMILES string of the molecule is C#CC1CC(=O)N(c2n[nH]c(CC#N)c2C#N)C1. The van der Waals surface area contributed by atoms with Crippen LogP contribution >= 0.6 is 0 Å². The van der Waals surface area contributed by atoms with Gasteiger partial charge < -0.3 is 0 Å². The van der Waals surface area contributed by atoms with Crippen molar-refractivity contribution in [3.63, 3.8) is 0 Å². The highest BCUT2D eigenvalue weighted by atomic mass is 16.2. The van der Waals surface area contributed by atoms with Crippen LogP contribution in [0.1, 0.15) is 17.7 Å². The van der Waals surface area contributed by atoms with E-state index in [1.807, 2.05) is 12.1 Å². The summed E-state index contributed by atoms with van der Waals surface area (Å²) >= 11 is 0. The second-order valence-electron chi connectivity index (χ2n) is 3.92. The number of carbonyl (C=O) groups excluding carboxylic acids is 1. The first-order chi connectivity index (χ1) is 8.71. The number of hydrogen-bond donors (Lipinski definition) is 1. The fraction of sp³-hybridized carbons (Fsp3) is 0.333. The highest BCUT2D eigenvalue weighted by Gasteiger charge is 2.33. The number of anilines is 1. The minimum atomic E-state index is -0.153. The van der Waals surface area contributed by atoms with E-state index in [-0.39, 0.29) is 36.0 Å². The number of H-pyrrole nitrogens is 1. The van der Waals surface area contributed by atoms with E-state index in [4.69, 9.17) is 16.9 Å². The van der Waals surface area contributed by atoms with Crippen LogP contribution in [0.25, 0.3) is 0 Å². The molecule has 1 aromatic rings. The second-order valence-corrected chi connectivity index (χ2v) is 3.92. The zero-order valence-electron chi connectivity index (χ0n) is 9.47. The third-order valence-corrected chi connectivity index (χ3v) is 2.81. The molecule has 18 heavy (non-hydrogen) atoms. The Labute approximate surface area is 104 Å². The topological polar surface area (TPSA) is 96.6 Å². The molecule has 2 heterocycles. The average Bonchev–Trinajstić information content (AvgIpc) is 2.92. The lowest BCUT2D eigenvalue weighted by Gasteiger charge is -2.12. The molecule has 1 aromatic heterocycles. The molecule has 0 bridgehead atoms. The average molecular weight is 239 g/mol. The van der Waals surface area contributed by atoms with Crippen LogP contribution in [0.4, 0.5) is 5.82 Å². The van der Waals surface area contributed by atoms with Crippen LogP contribution < -0.4 is 4.90 Å². The Morgan fingerprint density at radius 3 is 2.89 bits per heavy atom. The van der Waals surface area contributed by atoms with Gasteiger partial charge in [0.15, 0.2) is 5.82 Å². The highest BCUT2D eigenvalue weighted by molar-refractivity contribution is 5.96. The number of rotatable bonds is 2. The summed E-state index contributed by atoms with van der Waals surface area (Å²) in [5, 5.41) is 24.3. The van der Waals surface area contributed by atoms with E-state index < -0.39 is 0 Å². The summed E-state index contributed by atoms with van der Waals surface area (Å²) in [7, 11) is 0. The van der Waals surface area contributed by atoms with Gasteiger partial charge in [-0.15, -0.1) is 12.3 Å². The van der Waals surface area contributed by atoms with Crippen LogP contribution in [-0.2, 0) is 11.2 Å². The second kappa shape index (κ2) is 4.61.